The minimum absolute atomic E-state index is 0.164. The van der Waals surface area contributed by atoms with Gasteiger partial charge in [-0.25, -0.2) is 0 Å². The van der Waals surface area contributed by atoms with E-state index in [1.165, 1.54) is 0 Å². The molecule has 0 saturated carbocycles. The number of halogens is 3. The molecule has 0 heterocycles. The zero-order chi connectivity index (χ0) is 9.07. The van der Waals surface area contributed by atoms with Crippen molar-refractivity contribution in [3.8, 4) is 0 Å². The fraction of sp³-hybridized carbons (Fsp3) is 1.00. The van der Waals surface area contributed by atoms with Gasteiger partial charge in [0.1, 0.15) is 0 Å². The van der Waals surface area contributed by atoms with E-state index in [2.05, 4.69) is 0 Å². The molecule has 0 aliphatic heterocycles. The van der Waals surface area contributed by atoms with Gasteiger partial charge >= 0.3 is 6.18 Å². The molecule has 0 fully saturated rings. The maximum atomic E-state index is 11.7. The molecule has 0 radical (unpaired) electrons. The Bertz CT molecular complexity index is 104. The molecule has 0 bridgehead atoms. The topological polar surface area (TPSA) is 0 Å². The molecule has 1 atom stereocenters. The first-order valence-electron chi connectivity index (χ1n) is 3.89. The molecule has 11 heavy (non-hydrogen) atoms. The van der Waals surface area contributed by atoms with Gasteiger partial charge in [0.15, 0.2) is 0 Å². The minimum Gasteiger partial charge on any atom is -0.171 e. The van der Waals surface area contributed by atoms with Gasteiger partial charge in [-0.15, -0.1) is 0 Å². The van der Waals surface area contributed by atoms with Crippen molar-refractivity contribution in [2.45, 2.75) is 39.8 Å². The summed E-state index contributed by atoms with van der Waals surface area (Å²) in [7, 11) is 0. The molecule has 68 valence electrons. The van der Waals surface area contributed by atoms with Crippen LogP contribution in [0.3, 0.4) is 0 Å². The summed E-state index contributed by atoms with van der Waals surface area (Å²) in [6.07, 6.45) is -4.38. The van der Waals surface area contributed by atoms with Crippen LogP contribution in [0.1, 0.15) is 33.6 Å². The Kier molecular flexibility index (Phi) is 3.90. The molecule has 0 rings (SSSR count). The summed E-state index contributed by atoms with van der Waals surface area (Å²) < 4.78 is 35.0. The molecular formula is C8H15F3. The van der Waals surface area contributed by atoms with Gasteiger partial charge in [0.25, 0.3) is 0 Å². The number of hydrogen-bond donors (Lipinski definition) is 0. The highest BCUT2D eigenvalue weighted by molar-refractivity contribution is 4.60. The Labute approximate surface area is 65.8 Å². The zero-order valence-corrected chi connectivity index (χ0v) is 7.20. The van der Waals surface area contributed by atoms with E-state index in [0.29, 0.717) is 5.92 Å². The van der Waals surface area contributed by atoms with E-state index in [1.54, 1.807) is 0 Å². The van der Waals surface area contributed by atoms with Crippen LogP contribution in [-0.2, 0) is 0 Å². The van der Waals surface area contributed by atoms with Crippen LogP contribution in [0.25, 0.3) is 0 Å². The average molecular weight is 168 g/mol. The average Bonchev–Trinajstić information content (AvgIpc) is 1.80. The molecular weight excluding hydrogens is 153 g/mol. The lowest BCUT2D eigenvalue weighted by Crippen LogP contribution is -2.12. The summed E-state index contributed by atoms with van der Waals surface area (Å²) in [5, 5.41) is 0. The van der Waals surface area contributed by atoms with Crippen molar-refractivity contribution in [2.24, 2.45) is 11.8 Å². The van der Waals surface area contributed by atoms with E-state index in [4.69, 9.17) is 0 Å². The Hall–Kier alpha value is -0.210. The van der Waals surface area contributed by atoms with Crippen molar-refractivity contribution in [3.05, 3.63) is 0 Å². The van der Waals surface area contributed by atoms with Crippen molar-refractivity contribution in [3.63, 3.8) is 0 Å². The molecule has 0 aliphatic rings. The smallest absolute Gasteiger partial charge is 0.171 e. The van der Waals surface area contributed by atoms with Crippen LogP contribution >= 0.6 is 0 Å². The predicted molar refractivity (Wildman–Crippen MR) is 39.3 cm³/mol. The van der Waals surface area contributed by atoms with Crippen LogP contribution in [0.5, 0.6) is 0 Å². The van der Waals surface area contributed by atoms with Gasteiger partial charge in [-0.3, -0.25) is 0 Å². The van der Waals surface area contributed by atoms with Gasteiger partial charge in [0, 0.05) is 6.42 Å². The second-order valence-electron chi connectivity index (χ2n) is 3.38. The third kappa shape index (κ3) is 6.20. The van der Waals surface area contributed by atoms with Crippen LogP contribution in [0.2, 0.25) is 0 Å². The van der Waals surface area contributed by atoms with Crippen LogP contribution < -0.4 is 0 Å². The Morgan fingerprint density at radius 3 is 1.82 bits per heavy atom. The summed E-state index contributed by atoms with van der Waals surface area (Å²) in [5.74, 6) is 0.508. The molecule has 3 heteroatoms. The van der Waals surface area contributed by atoms with Crippen LogP contribution in [-0.4, -0.2) is 6.18 Å². The lowest BCUT2D eigenvalue weighted by Gasteiger charge is -2.15. The molecule has 0 aromatic heterocycles. The first-order valence-corrected chi connectivity index (χ1v) is 3.89. The SMILES string of the molecule is CC(C)C(C)CCC(F)(F)F. The van der Waals surface area contributed by atoms with Crippen LogP contribution in [0.15, 0.2) is 0 Å². The fourth-order valence-corrected chi connectivity index (χ4v) is 0.725. The first kappa shape index (κ1) is 10.8. The van der Waals surface area contributed by atoms with E-state index < -0.39 is 12.6 Å². The fourth-order valence-electron chi connectivity index (χ4n) is 0.725. The zero-order valence-electron chi connectivity index (χ0n) is 7.20. The highest BCUT2D eigenvalue weighted by atomic mass is 19.4. The molecule has 1 unspecified atom stereocenters. The van der Waals surface area contributed by atoms with Crippen molar-refractivity contribution in [2.75, 3.05) is 0 Å². The third-order valence-corrected chi connectivity index (χ3v) is 2.02. The second kappa shape index (κ2) is 3.98. The molecule has 0 spiro atoms. The van der Waals surface area contributed by atoms with Gasteiger partial charge in [0.2, 0.25) is 0 Å². The largest absolute Gasteiger partial charge is 0.389 e. The van der Waals surface area contributed by atoms with E-state index in [9.17, 15) is 13.2 Å². The highest BCUT2D eigenvalue weighted by Gasteiger charge is 2.27. The van der Waals surface area contributed by atoms with Crippen molar-refractivity contribution in [1.82, 2.24) is 0 Å². The third-order valence-electron chi connectivity index (χ3n) is 2.02. The van der Waals surface area contributed by atoms with Gasteiger partial charge in [-0.2, -0.15) is 13.2 Å². The van der Waals surface area contributed by atoms with E-state index in [0.717, 1.165) is 0 Å². The van der Waals surface area contributed by atoms with Crippen molar-refractivity contribution in [1.29, 1.82) is 0 Å². The molecule has 0 aromatic carbocycles. The molecule has 0 nitrogen and oxygen atoms in total. The lowest BCUT2D eigenvalue weighted by atomic mass is 9.93. The number of hydrogen-bond acceptors (Lipinski definition) is 0. The van der Waals surface area contributed by atoms with Gasteiger partial charge < -0.3 is 0 Å². The van der Waals surface area contributed by atoms with E-state index >= 15 is 0 Å². The monoisotopic (exact) mass is 168 g/mol. The normalized spacial score (nSPS) is 15.5. The predicted octanol–water partition coefficient (Wildman–Crippen LogP) is 3.62. The Morgan fingerprint density at radius 1 is 1.09 bits per heavy atom. The Morgan fingerprint density at radius 2 is 1.55 bits per heavy atom. The van der Waals surface area contributed by atoms with Gasteiger partial charge in [0.05, 0.1) is 0 Å². The standard InChI is InChI=1S/C8H15F3/c1-6(2)7(3)4-5-8(9,10)11/h6-7H,4-5H2,1-3H3. The summed E-state index contributed by atoms with van der Waals surface area (Å²) in [5.41, 5.74) is 0. The maximum absolute atomic E-state index is 11.7. The summed E-state index contributed by atoms with van der Waals surface area (Å²) in [6.45, 7) is 5.75. The van der Waals surface area contributed by atoms with E-state index in [1.807, 2.05) is 20.8 Å². The first-order chi connectivity index (χ1) is 4.83. The minimum atomic E-state index is -3.98. The molecule has 0 saturated heterocycles. The van der Waals surface area contributed by atoms with Crippen LogP contribution in [0.4, 0.5) is 13.2 Å². The second-order valence-corrected chi connectivity index (χ2v) is 3.38. The summed E-state index contributed by atoms with van der Waals surface area (Å²) in [6, 6.07) is 0. The van der Waals surface area contributed by atoms with Crippen LogP contribution in [0, 0.1) is 11.8 Å². The quantitative estimate of drug-likeness (QED) is 0.603. The molecule has 0 aliphatic carbocycles. The molecule has 0 amide bonds. The van der Waals surface area contributed by atoms with Gasteiger partial charge in [-0.1, -0.05) is 20.8 Å². The molecule has 0 aromatic rings. The molecule has 0 N–H and O–H groups in total. The highest BCUT2D eigenvalue weighted by Crippen LogP contribution is 2.26. The van der Waals surface area contributed by atoms with Crippen molar-refractivity contribution >= 4 is 0 Å². The summed E-state index contributed by atoms with van der Waals surface area (Å²) in [4.78, 5) is 0. The lowest BCUT2D eigenvalue weighted by molar-refractivity contribution is -0.137. The van der Waals surface area contributed by atoms with E-state index in [-0.39, 0.29) is 12.3 Å². The number of alkyl halides is 3. The van der Waals surface area contributed by atoms with Crippen molar-refractivity contribution < 1.29 is 13.2 Å². The Balaban J connectivity index is 3.54. The maximum Gasteiger partial charge on any atom is 0.389 e. The number of rotatable bonds is 3. The summed E-state index contributed by atoms with van der Waals surface area (Å²) >= 11 is 0. The van der Waals surface area contributed by atoms with Gasteiger partial charge in [-0.05, 0) is 18.3 Å².